The Hall–Kier alpha value is -3.72. The van der Waals surface area contributed by atoms with Gasteiger partial charge < -0.3 is 4.74 Å². The summed E-state index contributed by atoms with van der Waals surface area (Å²) < 4.78 is 7.16. The standard InChI is InChI=1S/C21H19N5O3S/c1-13(2)29-15-7-5-14(6-8-15)20(27)24-25-21(28)16-12-23-26-17(9-10-22-19(16)26)18-4-3-11-30-18/h3-13H,1-2H3,(H,24,27)(H,25,28). The fourth-order valence-corrected chi connectivity index (χ4v) is 3.61. The van der Waals surface area contributed by atoms with E-state index in [0.717, 1.165) is 10.6 Å². The molecule has 30 heavy (non-hydrogen) atoms. The number of rotatable bonds is 5. The number of aromatic nitrogens is 3. The molecule has 0 radical (unpaired) electrons. The van der Waals surface area contributed by atoms with Crippen molar-refractivity contribution in [1.82, 2.24) is 25.4 Å². The van der Waals surface area contributed by atoms with Gasteiger partial charge in [-0.25, -0.2) is 9.50 Å². The topological polar surface area (TPSA) is 97.6 Å². The van der Waals surface area contributed by atoms with Crippen LogP contribution >= 0.6 is 11.3 Å². The largest absolute Gasteiger partial charge is 0.491 e. The van der Waals surface area contributed by atoms with E-state index in [-0.39, 0.29) is 11.7 Å². The van der Waals surface area contributed by atoms with Gasteiger partial charge in [0.25, 0.3) is 11.8 Å². The summed E-state index contributed by atoms with van der Waals surface area (Å²) in [6, 6.07) is 12.4. The fraction of sp³-hybridized carbons (Fsp3) is 0.143. The van der Waals surface area contributed by atoms with Crippen LogP contribution in [0.25, 0.3) is 16.2 Å². The van der Waals surface area contributed by atoms with Crippen molar-refractivity contribution in [3.8, 4) is 16.3 Å². The minimum Gasteiger partial charge on any atom is -0.491 e. The van der Waals surface area contributed by atoms with E-state index in [1.807, 2.05) is 37.4 Å². The normalized spacial score (nSPS) is 10.9. The van der Waals surface area contributed by atoms with Gasteiger partial charge in [-0.2, -0.15) is 5.10 Å². The summed E-state index contributed by atoms with van der Waals surface area (Å²) in [5.41, 5.74) is 6.72. The van der Waals surface area contributed by atoms with Crippen LogP contribution in [0.2, 0.25) is 0 Å². The highest BCUT2D eigenvalue weighted by Crippen LogP contribution is 2.25. The number of amides is 2. The van der Waals surface area contributed by atoms with Gasteiger partial charge in [0.05, 0.1) is 22.9 Å². The lowest BCUT2D eigenvalue weighted by molar-refractivity contribution is 0.0847. The number of benzene rings is 1. The zero-order valence-corrected chi connectivity index (χ0v) is 17.1. The minimum atomic E-state index is -0.506. The first kappa shape index (κ1) is 19.6. The van der Waals surface area contributed by atoms with Gasteiger partial charge in [0.2, 0.25) is 0 Å². The molecular formula is C21H19N5O3S. The van der Waals surface area contributed by atoms with Crippen LogP contribution in [0.1, 0.15) is 34.6 Å². The smallest absolute Gasteiger partial charge is 0.275 e. The highest BCUT2D eigenvalue weighted by molar-refractivity contribution is 7.13. The van der Waals surface area contributed by atoms with E-state index < -0.39 is 11.8 Å². The van der Waals surface area contributed by atoms with Crippen LogP contribution in [-0.4, -0.2) is 32.5 Å². The van der Waals surface area contributed by atoms with E-state index in [2.05, 4.69) is 20.9 Å². The number of hydrogen-bond donors (Lipinski definition) is 2. The summed E-state index contributed by atoms with van der Waals surface area (Å²) in [4.78, 5) is 30.2. The lowest BCUT2D eigenvalue weighted by Gasteiger charge is -2.10. The number of carbonyl (C=O) groups is 2. The molecule has 8 nitrogen and oxygen atoms in total. The Morgan fingerprint density at radius 2 is 1.83 bits per heavy atom. The van der Waals surface area contributed by atoms with Crippen LogP contribution in [0.3, 0.4) is 0 Å². The molecule has 0 saturated heterocycles. The van der Waals surface area contributed by atoms with Crippen molar-refractivity contribution in [1.29, 1.82) is 0 Å². The number of nitrogens with zero attached hydrogens (tertiary/aromatic N) is 3. The molecule has 0 saturated carbocycles. The third-order valence-electron chi connectivity index (χ3n) is 4.20. The number of thiophene rings is 1. The van der Waals surface area contributed by atoms with Crippen molar-refractivity contribution in [3.05, 3.63) is 71.4 Å². The summed E-state index contributed by atoms with van der Waals surface area (Å²) in [6.07, 6.45) is 3.10. The van der Waals surface area contributed by atoms with Crippen LogP contribution in [0, 0.1) is 0 Å². The molecule has 2 N–H and O–H groups in total. The Morgan fingerprint density at radius 3 is 2.53 bits per heavy atom. The molecule has 4 aromatic rings. The first-order valence-corrected chi connectivity index (χ1v) is 10.1. The van der Waals surface area contributed by atoms with Crippen molar-refractivity contribution < 1.29 is 14.3 Å². The molecule has 0 aliphatic heterocycles. The maximum atomic E-state index is 12.6. The van der Waals surface area contributed by atoms with Crippen LogP contribution in [-0.2, 0) is 0 Å². The molecule has 3 heterocycles. The summed E-state index contributed by atoms with van der Waals surface area (Å²) in [5.74, 6) is -0.276. The SMILES string of the molecule is CC(C)Oc1ccc(C(=O)NNC(=O)c2cnn3c(-c4cccs4)ccnc23)cc1. The average Bonchev–Trinajstić information content (AvgIpc) is 3.41. The van der Waals surface area contributed by atoms with E-state index in [1.54, 1.807) is 46.3 Å². The van der Waals surface area contributed by atoms with Crippen molar-refractivity contribution in [2.75, 3.05) is 0 Å². The molecule has 0 bridgehead atoms. The zero-order valence-electron chi connectivity index (χ0n) is 16.3. The molecular weight excluding hydrogens is 402 g/mol. The Morgan fingerprint density at radius 1 is 1.07 bits per heavy atom. The molecule has 9 heteroatoms. The predicted octanol–water partition coefficient (Wildman–Crippen LogP) is 3.32. The second kappa shape index (κ2) is 8.34. The Bertz CT molecular complexity index is 1180. The summed E-state index contributed by atoms with van der Waals surface area (Å²) in [6.45, 7) is 3.85. The molecule has 0 spiro atoms. The maximum absolute atomic E-state index is 12.6. The molecule has 1 aromatic carbocycles. The van der Waals surface area contributed by atoms with Crippen molar-refractivity contribution >= 4 is 28.8 Å². The minimum absolute atomic E-state index is 0.0451. The van der Waals surface area contributed by atoms with Gasteiger partial charge in [-0.3, -0.25) is 20.4 Å². The van der Waals surface area contributed by atoms with Crippen LogP contribution in [0.4, 0.5) is 0 Å². The Labute approximate surface area is 176 Å². The van der Waals surface area contributed by atoms with Gasteiger partial charge in [0.15, 0.2) is 5.65 Å². The van der Waals surface area contributed by atoms with Gasteiger partial charge in [0.1, 0.15) is 11.3 Å². The first-order chi connectivity index (χ1) is 14.5. The second-order valence-corrected chi connectivity index (χ2v) is 7.65. The van der Waals surface area contributed by atoms with Gasteiger partial charge in [-0.15, -0.1) is 11.3 Å². The number of hydrogen-bond acceptors (Lipinski definition) is 6. The lowest BCUT2D eigenvalue weighted by Crippen LogP contribution is -2.41. The Balaban J connectivity index is 1.46. The van der Waals surface area contributed by atoms with Crippen molar-refractivity contribution in [2.45, 2.75) is 20.0 Å². The average molecular weight is 421 g/mol. The van der Waals surface area contributed by atoms with E-state index in [1.165, 1.54) is 6.20 Å². The van der Waals surface area contributed by atoms with E-state index >= 15 is 0 Å². The van der Waals surface area contributed by atoms with Gasteiger partial charge in [-0.1, -0.05) is 6.07 Å². The number of fused-ring (bicyclic) bond motifs is 1. The molecule has 0 aliphatic rings. The molecule has 3 aromatic heterocycles. The first-order valence-electron chi connectivity index (χ1n) is 9.27. The molecule has 152 valence electrons. The second-order valence-electron chi connectivity index (χ2n) is 6.70. The molecule has 0 atom stereocenters. The highest BCUT2D eigenvalue weighted by Gasteiger charge is 2.17. The fourth-order valence-electron chi connectivity index (χ4n) is 2.87. The van der Waals surface area contributed by atoms with Crippen molar-refractivity contribution in [2.24, 2.45) is 0 Å². The van der Waals surface area contributed by atoms with Crippen LogP contribution < -0.4 is 15.6 Å². The molecule has 0 fully saturated rings. The van der Waals surface area contributed by atoms with Gasteiger partial charge >= 0.3 is 0 Å². The summed E-state index contributed by atoms with van der Waals surface area (Å²) in [5, 5.41) is 6.26. The van der Waals surface area contributed by atoms with E-state index in [9.17, 15) is 9.59 Å². The van der Waals surface area contributed by atoms with Gasteiger partial charge in [0, 0.05) is 11.8 Å². The third kappa shape index (κ3) is 4.01. The predicted molar refractivity (Wildman–Crippen MR) is 113 cm³/mol. The number of ether oxygens (including phenoxy) is 1. The highest BCUT2D eigenvalue weighted by atomic mass is 32.1. The number of hydrazine groups is 1. The molecule has 4 rings (SSSR count). The molecule has 0 aliphatic carbocycles. The van der Waals surface area contributed by atoms with E-state index in [0.29, 0.717) is 17.0 Å². The quantitative estimate of drug-likeness (QED) is 0.482. The molecule has 0 unspecified atom stereocenters. The number of carbonyl (C=O) groups excluding carboxylic acids is 2. The third-order valence-corrected chi connectivity index (χ3v) is 5.09. The van der Waals surface area contributed by atoms with Crippen molar-refractivity contribution in [3.63, 3.8) is 0 Å². The Kier molecular flexibility index (Phi) is 5.44. The lowest BCUT2D eigenvalue weighted by atomic mass is 10.2. The van der Waals surface area contributed by atoms with Gasteiger partial charge in [-0.05, 0) is 55.6 Å². The maximum Gasteiger partial charge on any atom is 0.275 e. The summed E-state index contributed by atoms with van der Waals surface area (Å²) >= 11 is 1.57. The zero-order chi connectivity index (χ0) is 21.1. The van der Waals surface area contributed by atoms with E-state index in [4.69, 9.17) is 4.74 Å². The monoisotopic (exact) mass is 421 g/mol. The summed E-state index contributed by atoms with van der Waals surface area (Å²) in [7, 11) is 0. The number of nitrogens with one attached hydrogen (secondary N) is 2. The molecule has 2 amide bonds. The van der Waals surface area contributed by atoms with Crippen LogP contribution in [0.5, 0.6) is 5.75 Å². The van der Waals surface area contributed by atoms with Crippen LogP contribution in [0.15, 0.2) is 60.2 Å².